The van der Waals surface area contributed by atoms with E-state index in [1.807, 2.05) is 27.7 Å². The van der Waals surface area contributed by atoms with Crippen LogP contribution in [0.15, 0.2) is 35.2 Å². The number of aromatic nitrogens is 2. The molecule has 0 saturated carbocycles. The highest BCUT2D eigenvalue weighted by molar-refractivity contribution is 7.92. The van der Waals surface area contributed by atoms with Crippen molar-refractivity contribution in [3.8, 4) is 5.75 Å². The van der Waals surface area contributed by atoms with Crippen molar-refractivity contribution in [2.24, 2.45) is 0 Å². The molecule has 0 radical (unpaired) electrons. The summed E-state index contributed by atoms with van der Waals surface area (Å²) >= 11 is 0. The van der Waals surface area contributed by atoms with Crippen LogP contribution in [-0.4, -0.2) is 31.3 Å². The molecule has 0 saturated heterocycles. The normalized spacial score (nSPS) is 11.9. The molecule has 0 unspecified atom stereocenters. The largest absolute Gasteiger partial charge is 0.495 e. The first kappa shape index (κ1) is 18.0. The minimum absolute atomic E-state index is 0.0590. The average Bonchev–Trinajstić information content (AvgIpc) is 2.47. The van der Waals surface area contributed by atoms with Crippen molar-refractivity contribution in [1.82, 2.24) is 10.2 Å². The van der Waals surface area contributed by atoms with Gasteiger partial charge in [0.05, 0.1) is 7.11 Å². The molecule has 0 bridgehead atoms. The van der Waals surface area contributed by atoms with Gasteiger partial charge in [-0.15, -0.1) is 10.2 Å². The highest BCUT2D eigenvalue weighted by Gasteiger charge is 2.20. The van der Waals surface area contributed by atoms with E-state index in [-0.39, 0.29) is 22.0 Å². The van der Waals surface area contributed by atoms with Gasteiger partial charge in [0.25, 0.3) is 10.0 Å². The molecule has 24 heavy (non-hydrogen) atoms. The van der Waals surface area contributed by atoms with Gasteiger partial charge in [-0.1, -0.05) is 6.07 Å². The summed E-state index contributed by atoms with van der Waals surface area (Å²) in [5.41, 5.74) is 0.650. The van der Waals surface area contributed by atoms with Crippen molar-refractivity contribution in [1.29, 1.82) is 0 Å². The number of nitrogens with zero attached hydrogens (tertiary/aromatic N) is 2. The monoisotopic (exact) mass is 350 g/mol. The van der Waals surface area contributed by atoms with Gasteiger partial charge < -0.3 is 10.1 Å². The summed E-state index contributed by atoms with van der Waals surface area (Å²) in [6, 6.07) is 8.17. The molecule has 0 spiro atoms. The standard InChI is InChI=1S/C16H22N4O3S/c1-11-6-7-12(23-5)13(10-11)24(21,22)20-15-9-8-14(18-19-15)17-16(2,3)4/h6-10H,1-5H3,(H,17,18)(H,19,20). The maximum absolute atomic E-state index is 12.6. The third kappa shape index (κ3) is 4.58. The zero-order valence-corrected chi connectivity index (χ0v) is 15.2. The first-order valence-corrected chi connectivity index (χ1v) is 8.88. The third-order valence-corrected chi connectivity index (χ3v) is 4.39. The van der Waals surface area contributed by atoms with E-state index >= 15 is 0 Å². The number of hydrogen-bond acceptors (Lipinski definition) is 6. The molecule has 130 valence electrons. The minimum atomic E-state index is -3.82. The number of rotatable bonds is 5. The number of benzene rings is 1. The van der Waals surface area contributed by atoms with Crippen molar-refractivity contribution in [2.75, 3.05) is 17.1 Å². The predicted octanol–water partition coefficient (Wildman–Crippen LogP) is 2.80. The van der Waals surface area contributed by atoms with Crippen LogP contribution in [0, 0.1) is 6.92 Å². The van der Waals surface area contributed by atoms with Crippen molar-refractivity contribution < 1.29 is 13.2 Å². The van der Waals surface area contributed by atoms with E-state index in [0.717, 1.165) is 5.56 Å². The summed E-state index contributed by atoms with van der Waals surface area (Å²) in [6.07, 6.45) is 0. The smallest absolute Gasteiger partial charge is 0.266 e. The fourth-order valence-electron chi connectivity index (χ4n) is 2.02. The Morgan fingerprint density at radius 2 is 1.67 bits per heavy atom. The summed E-state index contributed by atoms with van der Waals surface area (Å²) in [7, 11) is -2.40. The zero-order valence-electron chi connectivity index (χ0n) is 14.4. The van der Waals surface area contributed by atoms with Crippen molar-refractivity contribution in [3.63, 3.8) is 0 Å². The summed E-state index contributed by atoms with van der Waals surface area (Å²) in [5.74, 6) is 0.976. The molecular formula is C16H22N4O3S. The van der Waals surface area contributed by atoms with Crippen LogP contribution in [0.25, 0.3) is 0 Å². The molecule has 1 aromatic heterocycles. The molecule has 7 nitrogen and oxygen atoms in total. The first-order chi connectivity index (χ1) is 11.1. The summed E-state index contributed by atoms with van der Waals surface area (Å²) in [5, 5.41) is 11.0. The summed E-state index contributed by atoms with van der Waals surface area (Å²) in [6.45, 7) is 7.80. The Bertz CT molecular complexity index is 812. The fourth-order valence-corrected chi connectivity index (χ4v) is 3.28. The second kappa shape index (κ2) is 6.64. The highest BCUT2D eigenvalue weighted by Crippen LogP contribution is 2.26. The van der Waals surface area contributed by atoms with Gasteiger partial charge in [0.15, 0.2) is 5.82 Å². The number of methoxy groups -OCH3 is 1. The lowest BCUT2D eigenvalue weighted by atomic mass is 10.1. The van der Waals surface area contributed by atoms with E-state index in [2.05, 4.69) is 20.2 Å². The van der Waals surface area contributed by atoms with E-state index in [0.29, 0.717) is 5.82 Å². The lowest BCUT2D eigenvalue weighted by molar-refractivity contribution is 0.402. The van der Waals surface area contributed by atoms with Crippen LogP contribution in [0.5, 0.6) is 5.75 Å². The van der Waals surface area contributed by atoms with Crippen molar-refractivity contribution >= 4 is 21.7 Å². The summed E-state index contributed by atoms with van der Waals surface area (Å²) < 4.78 is 32.7. The number of nitrogens with one attached hydrogen (secondary N) is 2. The highest BCUT2D eigenvalue weighted by atomic mass is 32.2. The molecule has 0 atom stereocenters. The number of ether oxygens (including phenoxy) is 1. The van der Waals surface area contributed by atoms with Crippen LogP contribution < -0.4 is 14.8 Å². The Morgan fingerprint density at radius 1 is 1.04 bits per heavy atom. The van der Waals surface area contributed by atoms with Crippen LogP contribution in [0.3, 0.4) is 0 Å². The molecule has 0 fully saturated rings. The molecule has 0 aliphatic heterocycles. The molecule has 8 heteroatoms. The van der Waals surface area contributed by atoms with E-state index in [1.54, 1.807) is 30.3 Å². The maximum atomic E-state index is 12.6. The number of sulfonamides is 1. The van der Waals surface area contributed by atoms with Crippen LogP contribution in [0.1, 0.15) is 26.3 Å². The van der Waals surface area contributed by atoms with Gasteiger partial charge in [0.1, 0.15) is 16.5 Å². The topological polar surface area (TPSA) is 93.2 Å². The van der Waals surface area contributed by atoms with Gasteiger partial charge in [-0.25, -0.2) is 8.42 Å². The van der Waals surface area contributed by atoms with Gasteiger partial charge >= 0.3 is 0 Å². The Balaban J connectivity index is 2.25. The Labute approximate surface area is 142 Å². The summed E-state index contributed by atoms with van der Waals surface area (Å²) in [4.78, 5) is 0.0590. The first-order valence-electron chi connectivity index (χ1n) is 7.40. The zero-order chi connectivity index (χ0) is 18.0. The van der Waals surface area contributed by atoms with E-state index in [1.165, 1.54) is 7.11 Å². The molecule has 0 aliphatic carbocycles. The molecule has 0 amide bonds. The third-order valence-electron chi connectivity index (χ3n) is 3.02. The molecule has 2 aromatic rings. The van der Waals surface area contributed by atoms with Crippen molar-refractivity contribution in [3.05, 3.63) is 35.9 Å². The predicted molar refractivity (Wildman–Crippen MR) is 93.9 cm³/mol. The Kier molecular flexibility index (Phi) is 4.98. The molecule has 1 heterocycles. The maximum Gasteiger partial charge on any atom is 0.266 e. The molecule has 2 N–H and O–H groups in total. The van der Waals surface area contributed by atoms with Gasteiger partial charge in [0, 0.05) is 5.54 Å². The second-order valence-corrected chi connectivity index (χ2v) is 8.09. The van der Waals surface area contributed by atoms with E-state index in [4.69, 9.17) is 4.74 Å². The average molecular weight is 350 g/mol. The SMILES string of the molecule is COc1ccc(C)cc1S(=O)(=O)Nc1ccc(NC(C)(C)C)nn1. The van der Waals surface area contributed by atoms with Crippen LogP contribution in [0.4, 0.5) is 11.6 Å². The van der Waals surface area contributed by atoms with E-state index in [9.17, 15) is 8.42 Å². The van der Waals surface area contributed by atoms with Crippen molar-refractivity contribution in [2.45, 2.75) is 38.1 Å². The van der Waals surface area contributed by atoms with Crippen LogP contribution >= 0.6 is 0 Å². The lowest BCUT2D eigenvalue weighted by Crippen LogP contribution is -2.26. The molecular weight excluding hydrogens is 328 g/mol. The number of hydrogen-bond donors (Lipinski definition) is 2. The van der Waals surface area contributed by atoms with Gasteiger partial charge in [-0.2, -0.15) is 0 Å². The van der Waals surface area contributed by atoms with Gasteiger partial charge in [0.2, 0.25) is 0 Å². The fraction of sp³-hybridized carbons (Fsp3) is 0.375. The van der Waals surface area contributed by atoms with Crippen LogP contribution in [-0.2, 0) is 10.0 Å². The molecule has 1 aromatic carbocycles. The molecule has 2 rings (SSSR count). The quantitative estimate of drug-likeness (QED) is 0.861. The van der Waals surface area contributed by atoms with E-state index < -0.39 is 10.0 Å². The lowest BCUT2D eigenvalue weighted by Gasteiger charge is -2.20. The Morgan fingerprint density at radius 3 is 2.21 bits per heavy atom. The molecule has 0 aliphatic rings. The number of anilines is 2. The minimum Gasteiger partial charge on any atom is -0.495 e. The van der Waals surface area contributed by atoms with Crippen LogP contribution in [0.2, 0.25) is 0 Å². The van der Waals surface area contributed by atoms with Gasteiger partial charge in [-0.3, -0.25) is 4.72 Å². The second-order valence-electron chi connectivity index (χ2n) is 6.44. The number of aryl methyl sites for hydroxylation is 1. The Hall–Kier alpha value is -2.35. The van der Waals surface area contributed by atoms with Gasteiger partial charge in [-0.05, 0) is 57.5 Å².